The van der Waals surface area contributed by atoms with Crippen LogP contribution in [0.4, 0.5) is 0 Å². The summed E-state index contributed by atoms with van der Waals surface area (Å²) in [5, 5.41) is 3.03. The molecule has 1 amide bonds. The number of nitrogens with zero attached hydrogens (tertiary/aromatic N) is 1. The van der Waals surface area contributed by atoms with Gasteiger partial charge in [-0.25, -0.2) is 0 Å². The van der Waals surface area contributed by atoms with E-state index >= 15 is 0 Å². The van der Waals surface area contributed by atoms with Crippen molar-refractivity contribution in [3.8, 4) is 5.75 Å². The number of hydrogen-bond acceptors (Lipinski definition) is 4. The molecule has 1 atom stereocenters. The summed E-state index contributed by atoms with van der Waals surface area (Å²) in [5.41, 5.74) is 3.46. The molecule has 0 spiro atoms. The zero-order chi connectivity index (χ0) is 19.1. The predicted octanol–water partition coefficient (Wildman–Crippen LogP) is 2.87. The van der Waals surface area contributed by atoms with Crippen molar-refractivity contribution in [1.82, 2.24) is 10.2 Å². The molecule has 1 saturated heterocycles. The maximum atomic E-state index is 12.3. The van der Waals surface area contributed by atoms with Gasteiger partial charge in [0.05, 0.1) is 19.3 Å². The molecule has 0 saturated carbocycles. The van der Waals surface area contributed by atoms with Crippen LogP contribution in [0.2, 0.25) is 0 Å². The molecule has 1 aliphatic rings. The summed E-state index contributed by atoms with van der Waals surface area (Å²) in [6, 6.07) is 16.4. The molecule has 2 aromatic rings. The summed E-state index contributed by atoms with van der Waals surface area (Å²) in [6.45, 7) is 7.81. The summed E-state index contributed by atoms with van der Waals surface area (Å²) >= 11 is 0. The molecule has 0 aliphatic carbocycles. The third-order valence-electron chi connectivity index (χ3n) is 4.73. The zero-order valence-corrected chi connectivity index (χ0v) is 16.1. The molecular formula is C22H28N2O3. The van der Waals surface area contributed by atoms with Gasteiger partial charge >= 0.3 is 0 Å². The number of nitrogens with one attached hydrogen (secondary N) is 1. The van der Waals surface area contributed by atoms with E-state index in [0.717, 1.165) is 43.2 Å². The molecule has 3 rings (SSSR count). The van der Waals surface area contributed by atoms with Crippen LogP contribution in [0.1, 0.15) is 22.7 Å². The monoisotopic (exact) mass is 368 g/mol. The molecule has 1 fully saturated rings. The number of amides is 1. The Kier molecular flexibility index (Phi) is 6.85. The largest absolute Gasteiger partial charge is 0.484 e. The molecule has 1 aliphatic heterocycles. The Morgan fingerprint density at radius 3 is 2.44 bits per heavy atom. The van der Waals surface area contributed by atoms with Crippen molar-refractivity contribution < 1.29 is 14.3 Å². The van der Waals surface area contributed by atoms with Gasteiger partial charge in [0, 0.05) is 19.6 Å². The Morgan fingerprint density at radius 2 is 1.78 bits per heavy atom. The van der Waals surface area contributed by atoms with E-state index in [0.29, 0.717) is 6.54 Å². The Morgan fingerprint density at radius 1 is 1.11 bits per heavy atom. The van der Waals surface area contributed by atoms with Gasteiger partial charge in [-0.15, -0.1) is 0 Å². The molecule has 0 bridgehead atoms. The lowest BCUT2D eigenvalue weighted by Crippen LogP contribution is -2.44. The van der Waals surface area contributed by atoms with Crippen LogP contribution in [0, 0.1) is 13.8 Å². The second-order valence-electron chi connectivity index (χ2n) is 6.99. The van der Waals surface area contributed by atoms with Crippen LogP contribution in [0.15, 0.2) is 48.5 Å². The lowest BCUT2D eigenvalue weighted by molar-refractivity contribution is -0.123. The highest BCUT2D eigenvalue weighted by Crippen LogP contribution is 2.21. The molecule has 1 unspecified atom stereocenters. The molecule has 5 heteroatoms. The van der Waals surface area contributed by atoms with E-state index in [1.54, 1.807) is 0 Å². The van der Waals surface area contributed by atoms with Crippen LogP contribution >= 0.6 is 0 Å². The summed E-state index contributed by atoms with van der Waals surface area (Å²) in [6.07, 6.45) is 0. The molecule has 1 heterocycles. The Balaban J connectivity index is 1.56. The average molecular weight is 368 g/mol. The van der Waals surface area contributed by atoms with Gasteiger partial charge in [0.15, 0.2) is 6.61 Å². The van der Waals surface area contributed by atoms with Gasteiger partial charge in [-0.2, -0.15) is 0 Å². The topological polar surface area (TPSA) is 50.8 Å². The van der Waals surface area contributed by atoms with Crippen molar-refractivity contribution in [3.05, 3.63) is 65.2 Å². The van der Waals surface area contributed by atoms with Crippen LogP contribution < -0.4 is 10.1 Å². The summed E-state index contributed by atoms with van der Waals surface area (Å²) in [7, 11) is 0. The molecular weight excluding hydrogens is 340 g/mol. The molecule has 1 N–H and O–H groups in total. The smallest absolute Gasteiger partial charge is 0.258 e. The van der Waals surface area contributed by atoms with Crippen LogP contribution in [-0.2, 0) is 9.53 Å². The first-order chi connectivity index (χ1) is 13.1. The van der Waals surface area contributed by atoms with Gasteiger partial charge in [0.25, 0.3) is 5.91 Å². The minimum atomic E-state index is -0.108. The summed E-state index contributed by atoms with van der Waals surface area (Å²) < 4.78 is 11.1. The maximum Gasteiger partial charge on any atom is 0.258 e. The van der Waals surface area contributed by atoms with E-state index in [1.807, 2.05) is 44.2 Å². The SMILES string of the molecule is Cc1cc(C)cc(OCC(=O)NCC(c2ccccc2)N2CCOCC2)c1. The van der Waals surface area contributed by atoms with Crippen LogP contribution in [0.3, 0.4) is 0 Å². The van der Waals surface area contributed by atoms with E-state index in [-0.39, 0.29) is 18.6 Å². The van der Waals surface area contributed by atoms with Gasteiger partial charge < -0.3 is 14.8 Å². The fourth-order valence-corrected chi connectivity index (χ4v) is 3.45. The van der Waals surface area contributed by atoms with E-state index < -0.39 is 0 Å². The number of aryl methyl sites for hydroxylation is 2. The van der Waals surface area contributed by atoms with E-state index in [9.17, 15) is 4.79 Å². The first-order valence-corrected chi connectivity index (χ1v) is 9.46. The normalized spacial score (nSPS) is 15.9. The van der Waals surface area contributed by atoms with E-state index in [1.165, 1.54) is 5.56 Å². The van der Waals surface area contributed by atoms with Gasteiger partial charge in [-0.05, 0) is 42.7 Å². The molecule has 0 radical (unpaired) electrons. The zero-order valence-electron chi connectivity index (χ0n) is 16.1. The van der Waals surface area contributed by atoms with E-state index in [4.69, 9.17) is 9.47 Å². The number of ether oxygens (including phenoxy) is 2. The summed E-state index contributed by atoms with van der Waals surface area (Å²) in [5.74, 6) is 0.624. The minimum Gasteiger partial charge on any atom is -0.484 e. The van der Waals surface area contributed by atoms with Crippen molar-refractivity contribution in [2.45, 2.75) is 19.9 Å². The highest BCUT2D eigenvalue weighted by atomic mass is 16.5. The number of rotatable bonds is 7. The Hall–Kier alpha value is -2.37. The number of carbonyl (C=O) groups excluding carboxylic acids is 1. The van der Waals surface area contributed by atoms with Crippen molar-refractivity contribution >= 4 is 5.91 Å². The average Bonchev–Trinajstić information content (AvgIpc) is 2.67. The maximum absolute atomic E-state index is 12.3. The number of carbonyl (C=O) groups is 1. The second-order valence-corrected chi connectivity index (χ2v) is 6.99. The first kappa shape index (κ1) is 19.4. The van der Waals surface area contributed by atoms with Gasteiger partial charge in [-0.1, -0.05) is 36.4 Å². The highest BCUT2D eigenvalue weighted by molar-refractivity contribution is 5.77. The molecule has 144 valence electrons. The van der Waals surface area contributed by atoms with Crippen molar-refractivity contribution in [2.75, 3.05) is 39.5 Å². The van der Waals surface area contributed by atoms with E-state index in [2.05, 4.69) is 28.4 Å². The quantitative estimate of drug-likeness (QED) is 0.817. The number of hydrogen-bond donors (Lipinski definition) is 1. The van der Waals surface area contributed by atoms with Crippen molar-refractivity contribution in [3.63, 3.8) is 0 Å². The minimum absolute atomic E-state index is 0.0213. The summed E-state index contributed by atoms with van der Waals surface area (Å²) in [4.78, 5) is 14.7. The first-order valence-electron chi connectivity index (χ1n) is 9.46. The van der Waals surface area contributed by atoms with Crippen molar-refractivity contribution in [2.24, 2.45) is 0 Å². The lowest BCUT2D eigenvalue weighted by atomic mass is 10.0. The predicted molar refractivity (Wildman–Crippen MR) is 106 cm³/mol. The molecule has 27 heavy (non-hydrogen) atoms. The van der Waals surface area contributed by atoms with Crippen LogP contribution in [-0.4, -0.2) is 50.3 Å². The number of morpholine rings is 1. The van der Waals surface area contributed by atoms with Crippen LogP contribution in [0.25, 0.3) is 0 Å². The fourth-order valence-electron chi connectivity index (χ4n) is 3.45. The molecule has 5 nitrogen and oxygen atoms in total. The Bertz CT molecular complexity index is 722. The van der Waals surface area contributed by atoms with Gasteiger partial charge in [0.2, 0.25) is 0 Å². The van der Waals surface area contributed by atoms with Gasteiger partial charge in [-0.3, -0.25) is 9.69 Å². The third-order valence-corrected chi connectivity index (χ3v) is 4.73. The van der Waals surface area contributed by atoms with Gasteiger partial charge in [0.1, 0.15) is 5.75 Å². The third kappa shape index (κ3) is 5.81. The second kappa shape index (κ2) is 9.53. The Labute approximate surface area is 161 Å². The molecule has 0 aromatic heterocycles. The standard InChI is InChI=1S/C22H28N2O3/c1-17-12-18(2)14-20(13-17)27-16-22(25)23-15-21(19-6-4-3-5-7-19)24-8-10-26-11-9-24/h3-7,12-14,21H,8-11,15-16H2,1-2H3,(H,23,25). The fraction of sp³-hybridized carbons (Fsp3) is 0.409. The number of benzene rings is 2. The molecule has 2 aromatic carbocycles. The lowest BCUT2D eigenvalue weighted by Gasteiger charge is -2.34. The highest BCUT2D eigenvalue weighted by Gasteiger charge is 2.23. The van der Waals surface area contributed by atoms with Crippen molar-refractivity contribution in [1.29, 1.82) is 0 Å². The van der Waals surface area contributed by atoms with Crippen LogP contribution in [0.5, 0.6) is 5.75 Å².